The van der Waals surface area contributed by atoms with E-state index in [0.29, 0.717) is 25.9 Å². The molecule has 116 valence electrons. The normalized spacial score (nSPS) is 15.7. The van der Waals surface area contributed by atoms with Gasteiger partial charge >= 0.3 is 5.97 Å². The monoisotopic (exact) mass is 291 g/mol. The lowest BCUT2D eigenvalue weighted by atomic mass is 10.1. The molecule has 4 nitrogen and oxygen atoms in total. The molecule has 1 aromatic carbocycles. The molecule has 1 aromatic rings. The van der Waals surface area contributed by atoms with Crippen molar-refractivity contribution in [1.82, 2.24) is 5.32 Å². The molecule has 0 heterocycles. The first-order valence-corrected chi connectivity index (χ1v) is 7.84. The number of nitrogens with one attached hydrogen (secondary N) is 1. The van der Waals surface area contributed by atoms with Crippen molar-refractivity contribution in [2.24, 2.45) is 0 Å². The standard InChI is InChI=1S/C17H25NO3/c1-2-21-17(19)16(18-15-10-11-15)13-20-12-6-9-14-7-4-3-5-8-14/h3-5,7-8,15-16,18H,2,6,9-13H2,1H3. The molecule has 1 N–H and O–H groups in total. The van der Waals surface area contributed by atoms with E-state index in [4.69, 9.17) is 9.47 Å². The van der Waals surface area contributed by atoms with Crippen LogP contribution in [0.2, 0.25) is 0 Å². The molecule has 1 fully saturated rings. The van der Waals surface area contributed by atoms with E-state index in [2.05, 4.69) is 17.4 Å². The van der Waals surface area contributed by atoms with Gasteiger partial charge in [0.2, 0.25) is 0 Å². The molecule has 0 amide bonds. The Kier molecular flexibility index (Phi) is 6.70. The number of ether oxygens (including phenoxy) is 2. The summed E-state index contributed by atoms with van der Waals surface area (Å²) in [6.45, 7) is 3.30. The van der Waals surface area contributed by atoms with E-state index in [1.54, 1.807) is 0 Å². The molecule has 2 rings (SSSR count). The van der Waals surface area contributed by atoms with Crippen molar-refractivity contribution in [2.75, 3.05) is 19.8 Å². The molecule has 0 saturated heterocycles. The second-order valence-electron chi connectivity index (χ2n) is 5.41. The first kappa shape index (κ1) is 16.0. The molecule has 1 aliphatic rings. The van der Waals surface area contributed by atoms with Crippen molar-refractivity contribution in [1.29, 1.82) is 0 Å². The maximum atomic E-state index is 11.8. The van der Waals surface area contributed by atoms with Crippen LogP contribution < -0.4 is 5.32 Å². The van der Waals surface area contributed by atoms with E-state index < -0.39 is 0 Å². The number of hydrogen-bond acceptors (Lipinski definition) is 4. The fraction of sp³-hybridized carbons (Fsp3) is 0.588. The smallest absolute Gasteiger partial charge is 0.325 e. The van der Waals surface area contributed by atoms with Crippen molar-refractivity contribution >= 4 is 5.97 Å². The number of benzene rings is 1. The molecule has 21 heavy (non-hydrogen) atoms. The zero-order valence-corrected chi connectivity index (χ0v) is 12.7. The third-order valence-electron chi connectivity index (χ3n) is 3.47. The highest BCUT2D eigenvalue weighted by molar-refractivity contribution is 5.76. The number of carbonyl (C=O) groups excluding carboxylic acids is 1. The van der Waals surface area contributed by atoms with Gasteiger partial charge in [0, 0.05) is 12.6 Å². The quantitative estimate of drug-likeness (QED) is 0.531. The molecular weight excluding hydrogens is 266 g/mol. The van der Waals surface area contributed by atoms with Crippen LogP contribution in [-0.2, 0) is 20.7 Å². The van der Waals surface area contributed by atoms with Crippen LogP contribution in [0.5, 0.6) is 0 Å². The topological polar surface area (TPSA) is 47.6 Å². The average Bonchev–Trinajstić information content (AvgIpc) is 3.31. The summed E-state index contributed by atoms with van der Waals surface area (Å²) in [7, 11) is 0. The maximum absolute atomic E-state index is 11.8. The van der Waals surface area contributed by atoms with Crippen LogP contribution in [0.4, 0.5) is 0 Å². The van der Waals surface area contributed by atoms with Gasteiger partial charge in [-0.3, -0.25) is 10.1 Å². The Balaban J connectivity index is 1.63. The summed E-state index contributed by atoms with van der Waals surface area (Å²) in [5.41, 5.74) is 1.32. The first-order chi connectivity index (χ1) is 10.3. The number of hydrogen-bond donors (Lipinski definition) is 1. The van der Waals surface area contributed by atoms with Gasteiger partial charge in [-0.1, -0.05) is 30.3 Å². The van der Waals surface area contributed by atoms with Gasteiger partial charge in [0.25, 0.3) is 0 Å². The summed E-state index contributed by atoms with van der Waals surface area (Å²) in [6.07, 6.45) is 4.25. The number of aryl methyl sites for hydroxylation is 1. The average molecular weight is 291 g/mol. The fourth-order valence-corrected chi connectivity index (χ4v) is 2.19. The van der Waals surface area contributed by atoms with Crippen molar-refractivity contribution in [2.45, 2.75) is 44.7 Å². The van der Waals surface area contributed by atoms with Crippen LogP contribution in [0.3, 0.4) is 0 Å². The summed E-state index contributed by atoms with van der Waals surface area (Å²) >= 11 is 0. The van der Waals surface area contributed by atoms with E-state index in [1.807, 2.05) is 25.1 Å². The summed E-state index contributed by atoms with van der Waals surface area (Å²) in [5, 5.41) is 3.28. The Hall–Kier alpha value is -1.39. The SMILES string of the molecule is CCOC(=O)C(COCCCc1ccccc1)NC1CC1. The Bertz CT molecular complexity index is 417. The molecule has 1 saturated carbocycles. The molecule has 0 radical (unpaired) electrons. The van der Waals surface area contributed by atoms with Gasteiger partial charge in [0.15, 0.2) is 0 Å². The van der Waals surface area contributed by atoms with Gasteiger partial charge in [-0.15, -0.1) is 0 Å². The largest absolute Gasteiger partial charge is 0.465 e. The molecule has 1 unspecified atom stereocenters. The van der Waals surface area contributed by atoms with Gasteiger partial charge in [-0.05, 0) is 38.2 Å². The first-order valence-electron chi connectivity index (χ1n) is 7.84. The highest BCUT2D eigenvalue weighted by Crippen LogP contribution is 2.19. The van der Waals surface area contributed by atoms with Crippen LogP contribution >= 0.6 is 0 Å². The minimum Gasteiger partial charge on any atom is -0.465 e. The van der Waals surface area contributed by atoms with Crippen LogP contribution in [0, 0.1) is 0 Å². The van der Waals surface area contributed by atoms with Gasteiger partial charge in [-0.2, -0.15) is 0 Å². The number of rotatable bonds is 10. The minimum absolute atomic E-state index is 0.201. The summed E-state index contributed by atoms with van der Waals surface area (Å²) < 4.78 is 10.7. The third-order valence-corrected chi connectivity index (χ3v) is 3.47. The van der Waals surface area contributed by atoms with E-state index in [1.165, 1.54) is 5.56 Å². The molecule has 0 bridgehead atoms. The van der Waals surface area contributed by atoms with Gasteiger partial charge in [-0.25, -0.2) is 0 Å². The van der Waals surface area contributed by atoms with E-state index in [0.717, 1.165) is 25.7 Å². The van der Waals surface area contributed by atoms with Gasteiger partial charge in [0.05, 0.1) is 13.2 Å². The van der Waals surface area contributed by atoms with Gasteiger partial charge < -0.3 is 9.47 Å². The molecular formula is C17H25NO3. The lowest BCUT2D eigenvalue weighted by Gasteiger charge is -2.17. The molecule has 1 atom stereocenters. The van der Waals surface area contributed by atoms with Crippen LogP contribution in [0.1, 0.15) is 31.7 Å². The second-order valence-corrected chi connectivity index (χ2v) is 5.41. The molecule has 1 aliphatic carbocycles. The minimum atomic E-state index is -0.325. The zero-order chi connectivity index (χ0) is 14.9. The van der Waals surface area contributed by atoms with Crippen molar-refractivity contribution < 1.29 is 14.3 Å². The Morgan fingerprint density at radius 2 is 2.10 bits per heavy atom. The van der Waals surface area contributed by atoms with Crippen molar-refractivity contribution in [3.63, 3.8) is 0 Å². The second kappa shape index (κ2) is 8.80. The highest BCUT2D eigenvalue weighted by atomic mass is 16.5. The third kappa shape index (κ3) is 6.27. The van der Waals surface area contributed by atoms with Crippen molar-refractivity contribution in [3.05, 3.63) is 35.9 Å². The van der Waals surface area contributed by atoms with E-state index in [-0.39, 0.29) is 12.0 Å². The predicted octanol–water partition coefficient (Wildman–Crippen LogP) is 2.32. The van der Waals surface area contributed by atoms with E-state index in [9.17, 15) is 4.79 Å². The summed E-state index contributed by atoms with van der Waals surface area (Å²) in [5.74, 6) is -0.201. The van der Waals surface area contributed by atoms with Crippen molar-refractivity contribution in [3.8, 4) is 0 Å². The lowest BCUT2D eigenvalue weighted by Crippen LogP contribution is -2.43. The predicted molar refractivity (Wildman–Crippen MR) is 82.2 cm³/mol. The number of esters is 1. The Labute approximate surface area is 126 Å². The maximum Gasteiger partial charge on any atom is 0.325 e. The molecule has 4 heteroatoms. The molecule has 0 aliphatic heterocycles. The van der Waals surface area contributed by atoms with Crippen LogP contribution in [0.25, 0.3) is 0 Å². The molecule has 0 aromatic heterocycles. The van der Waals surface area contributed by atoms with Crippen LogP contribution in [-0.4, -0.2) is 37.9 Å². The van der Waals surface area contributed by atoms with Gasteiger partial charge in [0.1, 0.15) is 6.04 Å². The number of carbonyl (C=O) groups is 1. The van der Waals surface area contributed by atoms with E-state index >= 15 is 0 Å². The molecule has 0 spiro atoms. The fourth-order valence-electron chi connectivity index (χ4n) is 2.19. The zero-order valence-electron chi connectivity index (χ0n) is 12.7. The lowest BCUT2D eigenvalue weighted by molar-refractivity contribution is -0.147. The summed E-state index contributed by atoms with van der Waals surface area (Å²) in [4.78, 5) is 11.8. The Morgan fingerprint density at radius 1 is 1.33 bits per heavy atom. The summed E-state index contributed by atoms with van der Waals surface area (Å²) in [6, 6.07) is 10.5. The Morgan fingerprint density at radius 3 is 2.76 bits per heavy atom. The van der Waals surface area contributed by atoms with Crippen LogP contribution in [0.15, 0.2) is 30.3 Å². The highest BCUT2D eigenvalue weighted by Gasteiger charge is 2.29.